The minimum atomic E-state index is -4.27. The highest BCUT2D eigenvalue weighted by Crippen LogP contribution is 2.32. The van der Waals surface area contributed by atoms with E-state index in [1.165, 1.54) is 30.3 Å². The summed E-state index contributed by atoms with van der Waals surface area (Å²) in [5.74, 6) is 0.197. The summed E-state index contributed by atoms with van der Waals surface area (Å²) >= 11 is 12.0. The lowest BCUT2D eigenvalue weighted by molar-refractivity contribution is 0.251. The predicted octanol–water partition coefficient (Wildman–Crippen LogP) is 4.35. The molecule has 0 saturated carbocycles. The number of amides is 2. The van der Waals surface area contributed by atoms with Crippen molar-refractivity contribution < 1.29 is 17.4 Å². The number of carbonyl (C=O) groups excluding carboxylic acids is 1. The van der Waals surface area contributed by atoms with E-state index < -0.39 is 16.1 Å². The van der Waals surface area contributed by atoms with E-state index in [0.717, 1.165) is 5.56 Å². The Morgan fingerprint density at radius 2 is 1.88 bits per heavy atom. The summed E-state index contributed by atoms with van der Waals surface area (Å²) in [6, 6.07) is 11.9. The van der Waals surface area contributed by atoms with Gasteiger partial charge in [0.1, 0.15) is 10.6 Å². The van der Waals surface area contributed by atoms with Crippen molar-refractivity contribution in [1.82, 2.24) is 20.3 Å². The molecule has 2 amide bonds. The van der Waals surface area contributed by atoms with Crippen LogP contribution in [-0.2, 0) is 16.7 Å². The second-order valence-corrected chi connectivity index (χ2v) is 8.82. The van der Waals surface area contributed by atoms with Gasteiger partial charge in [-0.3, -0.25) is 10.3 Å². The second kappa shape index (κ2) is 9.03. The van der Waals surface area contributed by atoms with Crippen molar-refractivity contribution in [2.75, 3.05) is 5.32 Å². The number of nitrogens with zero attached hydrogens (tertiary/aromatic N) is 2. The molecule has 0 spiro atoms. The molecule has 0 aliphatic rings. The Morgan fingerprint density at radius 3 is 2.59 bits per heavy atom. The van der Waals surface area contributed by atoms with Gasteiger partial charge in [0.25, 0.3) is 0 Å². The summed E-state index contributed by atoms with van der Waals surface area (Å²) in [6.07, 6.45) is 3.29. The Balaban J connectivity index is 1.47. The van der Waals surface area contributed by atoms with Crippen LogP contribution >= 0.6 is 23.2 Å². The number of benzene rings is 2. The van der Waals surface area contributed by atoms with Gasteiger partial charge in [0.05, 0.1) is 21.1 Å². The summed E-state index contributed by atoms with van der Waals surface area (Å²) in [4.78, 5) is 22.9. The fraction of sp³-hybridized carbons (Fsp3) is 0.0500. The maximum absolute atomic E-state index is 12.6. The Morgan fingerprint density at radius 1 is 1.09 bits per heavy atom. The summed E-state index contributed by atoms with van der Waals surface area (Å²) in [6.45, 7) is 0.292. The molecule has 2 aromatic carbocycles. The highest BCUT2D eigenvalue weighted by molar-refractivity contribution is 7.87. The van der Waals surface area contributed by atoms with Crippen LogP contribution in [0.1, 0.15) is 5.56 Å². The summed E-state index contributed by atoms with van der Waals surface area (Å²) in [5, 5.41) is 5.16. The Labute approximate surface area is 192 Å². The van der Waals surface area contributed by atoms with Crippen molar-refractivity contribution in [2.45, 2.75) is 11.4 Å². The highest BCUT2D eigenvalue weighted by Gasteiger charge is 2.24. The number of pyridine rings is 1. The zero-order valence-corrected chi connectivity index (χ0v) is 18.5. The third kappa shape index (κ3) is 4.93. The maximum atomic E-state index is 12.6. The van der Waals surface area contributed by atoms with Crippen LogP contribution in [0.25, 0.3) is 11.0 Å². The molecular formula is C20H15Cl2N5O4S. The fourth-order valence-electron chi connectivity index (χ4n) is 2.83. The monoisotopic (exact) mass is 491 g/mol. The van der Waals surface area contributed by atoms with Crippen LogP contribution in [0, 0.1) is 0 Å². The molecule has 0 fully saturated rings. The Kier molecular flexibility index (Phi) is 6.17. The number of urea groups is 1. The number of aromatic amines is 1. The molecule has 3 N–H and O–H groups in total. The van der Waals surface area contributed by atoms with Crippen molar-refractivity contribution in [1.29, 1.82) is 0 Å². The van der Waals surface area contributed by atoms with Crippen molar-refractivity contribution in [3.63, 3.8) is 0 Å². The average molecular weight is 492 g/mol. The van der Waals surface area contributed by atoms with Gasteiger partial charge in [-0.2, -0.15) is 8.42 Å². The number of rotatable bonds is 6. The molecule has 12 heteroatoms. The van der Waals surface area contributed by atoms with E-state index in [4.69, 9.17) is 27.4 Å². The SMILES string of the molecule is O=C(NCc1cccnc1)Nc1nc2ccc(OS(=O)(=O)c3c(Cl)cccc3Cl)cc2[nH]1. The van der Waals surface area contributed by atoms with Crippen molar-refractivity contribution in [3.8, 4) is 5.75 Å². The molecule has 2 heterocycles. The van der Waals surface area contributed by atoms with E-state index in [1.54, 1.807) is 24.5 Å². The molecular weight excluding hydrogens is 477 g/mol. The molecule has 2 aromatic heterocycles. The second-order valence-electron chi connectivity index (χ2n) is 6.52. The maximum Gasteiger partial charge on any atom is 0.342 e. The Bertz CT molecular complexity index is 1370. The number of nitrogens with one attached hydrogen (secondary N) is 3. The van der Waals surface area contributed by atoms with Crippen molar-refractivity contribution >= 4 is 56.3 Å². The van der Waals surface area contributed by atoms with Crippen LogP contribution in [0.15, 0.2) is 65.8 Å². The molecule has 0 saturated heterocycles. The number of carbonyl (C=O) groups is 1. The van der Waals surface area contributed by atoms with Gasteiger partial charge in [-0.1, -0.05) is 35.3 Å². The molecule has 4 aromatic rings. The largest absolute Gasteiger partial charge is 0.379 e. The number of H-pyrrole nitrogens is 1. The van der Waals surface area contributed by atoms with Gasteiger partial charge in [0.15, 0.2) is 0 Å². The quantitative estimate of drug-likeness (QED) is 0.344. The first-order chi connectivity index (χ1) is 15.3. The highest BCUT2D eigenvalue weighted by atomic mass is 35.5. The molecule has 164 valence electrons. The van der Waals surface area contributed by atoms with Gasteiger partial charge in [0, 0.05) is 25.0 Å². The lowest BCUT2D eigenvalue weighted by Crippen LogP contribution is -2.28. The molecule has 0 aliphatic heterocycles. The normalized spacial score (nSPS) is 11.3. The smallest absolute Gasteiger partial charge is 0.342 e. The van der Waals surface area contributed by atoms with Gasteiger partial charge >= 0.3 is 16.1 Å². The van der Waals surface area contributed by atoms with Gasteiger partial charge in [-0.15, -0.1) is 0 Å². The van der Waals surface area contributed by atoms with E-state index >= 15 is 0 Å². The number of halogens is 2. The molecule has 32 heavy (non-hydrogen) atoms. The number of hydrogen-bond acceptors (Lipinski definition) is 6. The predicted molar refractivity (Wildman–Crippen MR) is 120 cm³/mol. The van der Waals surface area contributed by atoms with Gasteiger partial charge in [-0.25, -0.2) is 9.78 Å². The minimum Gasteiger partial charge on any atom is -0.379 e. The standard InChI is InChI=1S/C20H15Cl2N5O4S/c21-14-4-1-5-15(22)18(14)32(29,30)31-13-6-7-16-17(9-13)26-19(25-16)27-20(28)24-11-12-3-2-8-23-10-12/h1-10H,11H2,(H3,24,25,26,27,28). The molecule has 4 rings (SSSR count). The van der Waals surface area contributed by atoms with Crippen LogP contribution in [0.4, 0.5) is 10.7 Å². The average Bonchev–Trinajstić information content (AvgIpc) is 3.13. The zero-order chi connectivity index (χ0) is 22.7. The number of anilines is 1. The third-order valence-electron chi connectivity index (χ3n) is 4.24. The van der Waals surface area contributed by atoms with E-state index in [0.29, 0.717) is 17.6 Å². The van der Waals surface area contributed by atoms with Gasteiger partial charge in [0.2, 0.25) is 5.95 Å². The minimum absolute atomic E-state index is 0.0183. The molecule has 0 bridgehead atoms. The number of imidazole rings is 1. The molecule has 9 nitrogen and oxygen atoms in total. The number of fused-ring (bicyclic) bond motifs is 1. The van der Waals surface area contributed by atoms with Crippen LogP contribution in [0.5, 0.6) is 5.75 Å². The topological polar surface area (TPSA) is 126 Å². The lowest BCUT2D eigenvalue weighted by Gasteiger charge is -2.09. The molecule has 0 radical (unpaired) electrons. The van der Waals surface area contributed by atoms with E-state index in [2.05, 4.69) is 25.6 Å². The van der Waals surface area contributed by atoms with Crippen LogP contribution in [0.3, 0.4) is 0 Å². The molecule has 0 unspecified atom stereocenters. The van der Waals surface area contributed by atoms with Crippen LogP contribution in [0.2, 0.25) is 10.0 Å². The first kappa shape index (κ1) is 21.9. The first-order valence-electron chi connectivity index (χ1n) is 9.14. The zero-order valence-electron chi connectivity index (χ0n) is 16.2. The fourth-order valence-corrected chi connectivity index (χ4v) is 4.84. The molecule has 0 aliphatic carbocycles. The number of aromatic nitrogens is 3. The van der Waals surface area contributed by atoms with Crippen molar-refractivity contribution in [2.24, 2.45) is 0 Å². The van der Waals surface area contributed by atoms with Crippen molar-refractivity contribution in [3.05, 3.63) is 76.5 Å². The lowest BCUT2D eigenvalue weighted by atomic mass is 10.3. The summed E-state index contributed by atoms with van der Waals surface area (Å²) in [7, 11) is -4.27. The molecule has 0 atom stereocenters. The van der Waals surface area contributed by atoms with E-state index in [-0.39, 0.29) is 26.6 Å². The number of hydrogen-bond donors (Lipinski definition) is 3. The van der Waals surface area contributed by atoms with Gasteiger partial charge in [-0.05, 0) is 35.9 Å². The summed E-state index contributed by atoms with van der Waals surface area (Å²) < 4.78 is 30.5. The third-order valence-corrected chi connectivity index (χ3v) is 6.44. The van der Waals surface area contributed by atoms with E-state index in [9.17, 15) is 13.2 Å². The first-order valence-corrected chi connectivity index (χ1v) is 11.3. The summed E-state index contributed by atoms with van der Waals surface area (Å²) in [5.41, 5.74) is 1.78. The Hall–Kier alpha value is -3.34. The van der Waals surface area contributed by atoms with Crippen LogP contribution < -0.4 is 14.8 Å². The van der Waals surface area contributed by atoms with E-state index in [1.807, 2.05) is 6.07 Å². The van der Waals surface area contributed by atoms with Gasteiger partial charge < -0.3 is 14.5 Å². The van der Waals surface area contributed by atoms with Crippen LogP contribution in [-0.4, -0.2) is 29.4 Å².